The summed E-state index contributed by atoms with van der Waals surface area (Å²) in [4.78, 5) is 11.8. The number of rotatable bonds is 9. The van der Waals surface area contributed by atoms with Gasteiger partial charge in [0.15, 0.2) is 0 Å². The first kappa shape index (κ1) is 16.0. The van der Waals surface area contributed by atoms with Crippen LogP contribution in [0, 0.1) is 0 Å². The van der Waals surface area contributed by atoms with Gasteiger partial charge in [-0.05, 0) is 12.5 Å². The van der Waals surface area contributed by atoms with Gasteiger partial charge in [0.25, 0.3) is 0 Å². The number of para-hydroxylation sites is 1. The minimum Gasteiger partial charge on any atom is -0.496 e. The van der Waals surface area contributed by atoms with Crippen LogP contribution < -0.4 is 10.1 Å². The molecule has 0 aliphatic heterocycles. The van der Waals surface area contributed by atoms with Gasteiger partial charge in [0, 0.05) is 24.0 Å². The fourth-order valence-electron chi connectivity index (χ4n) is 1.64. The minimum atomic E-state index is 0.00462. The van der Waals surface area contributed by atoms with Crippen molar-refractivity contribution in [3.63, 3.8) is 0 Å². The highest BCUT2D eigenvalue weighted by molar-refractivity contribution is 9.09. The Bertz CT molecular complexity index is 385. The van der Waals surface area contributed by atoms with E-state index in [0.29, 0.717) is 26.2 Å². The van der Waals surface area contributed by atoms with Gasteiger partial charge in [-0.1, -0.05) is 34.1 Å². The monoisotopic (exact) mass is 329 g/mol. The summed E-state index contributed by atoms with van der Waals surface area (Å²) in [5.74, 6) is 0.753. The van der Waals surface area contributed by atoms with E-state index < -0.39 is 0 Å². The lowest BCUT2D eigenvalue weighted by Crippen LogP contribution is -2.27. The van der Waals surface area contributed by atoms with Crippen molar-refractivity contribution in [1.82, 2.24) is 5.32 Å². The van der Waals surface area contributed by atoms with Gasteiger partial charge in [-0.3, -0.25) is 4.79 Å². The molecule has 0 bridgehead atoms. The van der Waals surface area contributed by atoms with E-state index in [1.807, 2.05) is 24.3 Å². The highest BCUT2D eigenvalue weighted by atomic mass is 79.9. The fourth-order valence-corrected chi connectivity index (χ4v) is 1.87. The number of methoxy groups -OCH3 is 1. The van der Waals surface area contributed by atoms with Crippen LogP contribution in [0.5, 0.6) is 5.75 Å². The molecule has 0 radical (unpaired) electrons. The lowest BCUT2D eigenvalue weighted by atomic mass is 10.1. The number of hydrogen-bond acceptors (Lipinski definition) is 3. The maximum atomic E-state index is 11.8. The molecule has 5 heteroatoms. The summed E-state index contributed by atoms with van der Waals surface area (Å²) >= 11 is 3.29. The molecule has 1 amide bonds. The second kappa shape index (κ2) is 9.81. The molecule has 0 spiro atoms. The van der Waals surface area contributed by atoms with Gasteiger partial charge in [0.2, 0.25) is 5.91 Å². The first-order valence-electron chi connectivity index (χ1n) is 6.30. The molecular weight excluding hydrogens is 310 g/mol. The molecule has 0 atom stereocenters. The van der Waals surface area contributed by atoms with Gasteiger partial charge < -0.3 is 14.8 Å². The van der Waals surface area contributed by atoms with Crippen LogP contribution >= 0.6 is 15.9 Å². The molecule has 0 aliphatic rings. The molecule has 0 saturated carbocycles. The predicted molar refractivity (Wildman–Crippen MR) is 78.9 cm³/mol. The Balaban J connectivity index is 2.23. The lowest BCUT2D eigenvalue weighted by Gasteiger charge is -2.09. The lowest BCUT2D eigenvalue weighted by molar-refractivity contribution is -0.120. The minimum absolute atomic E-state index is 0.00462. The summed E-state index contributed by atoms with van der Waals surface area (Å²) in [5.41, 5.74) is 0.901. The molecule has 0 heterocycles. The van der Waals surface area contributed by atoms with Crippen LogP contribution in [0.1, 0.15) is 12.0 Å². The number of ether oxygens (including phenoxy) is 2. The Morgan fingerprint density at radius 2 is 2.11 bits per heavy atom. The predicted octanol–water partition coefficient (Wildman–Crippen LogP) is 2.16. The molecular formula is C14H20BrNO3. The van der Waals surface area contributed by atoms with E-state index in [9.17, 15) is 4.79 Å². The second-order valence-corrected chi connectivity index (χ2v) is 4.79. The van der Waals surface area contributed by atoms with Crippen LogP contribution in [-0.2, 0) is 16.0 Å². The van der Waals surface area contributed by atoms with E-state index >= 15 is 0 Å². The van der Waals surface area contributed by atoms with Crippen LogP contribution in [0.3, 0.4) is 0 Å². The molecule has 0 fully saturated rings. The van der Waals surface area contributed by atoms with Crippen molar-refractivity contribution in [2.45, 2.75) is 12.8 Å². The van der Waals surface area contributed by atoms with Gasteiger partial charge in [-0.25, -0.2) is 0 Å². The number of carbonyl (C=O) groups is 1. The largest absolute Gasteiger partial charge is 0.496 e. The molecule has 4 nitrogen and oxygen atoms in total. The summed E-state index contributed by atoms with van der Waals surface area (Å²) in [6.07, 6.45) is 1.16. The van der Waals surface area contributed by atoms with Crippen molar-refractivity contribution < 1.29 is 14.3 Å². The molecule has 1 rings (SSSR count). The first-order valence-corrected chi connectivity index (χ1v) is 7.42. The molecule has 1 aromatic rings. The van der Waals surface area contributed by atoms with Gasteiger partial charge in [-0.15, -0.1) is 0 Å². The van der Waals surface area contributed by atoms with Crippen molar-refractivity contribution in [3.05, 3.63) is 29.8 Å². The highest BCUT2D eigenvalue weighted by Gasteiger charge is 2.07. The van der Waals surface area contributed by atoms with E-state index in [2.05, 4.69) is 21.2 Å². The SMILES string of the molecule is COc1ccccc1CC(=O)NCCCOCCBr. The molecule has 106 valence electrons. The second-order valence-electron chi connectivity index (χ2n) is 3.99. The van der Waals surface area contributed by atoms with Gasteiger partial charge in [0.05, 0.1) is 20.1 Å². The zero-order chi connectivity index (χ0) is 13.9. The number of benzene rings is 1. The van der Waals surface area contributed by atoms with Crippen LogP contribution in [0.25, 0.3) is 0 Å². The van der Waals surface area contributed by atoms with E-state index in [1.165, 1.54) is 0 Å². The quantitative estimate of drug-likeness (QED) is 0.558. The summed E-state index contributed by atoms with van der Waals surface area (Å²) in [6, 6.07) is 7.55. The number of carbonyl (C=O) groups excluding carboxylic acids is 1. The van der Waals surface area contributed by atoms with Gasteiger partial charge in [0.1, 0.15) is 5.75 Å². The van der Waals surface area contributed by atoms with Crippen molar-refractivity contribution in [2.75, 3.05) is 32.2 Å². The number of amides is 1. The summed E-state index contributed by atoms with van der Waals surface area (Å²) < 4.78 is 10.5. The van der Waals surface area contributed by atoms with Gasteiger partial charge >= 0.3 is 0 Å². The van der Waals surface area contributed by atoms with Crippen LogP contribution in [-0.4, -0.2) is 38.1 Å². The van der Waals surface area contributed by atoms with Crippen LogP contribution in [0.4, 0.5) is 0 Å². The highest BCUT2D eigenvalue weighted by Crippen LogP contribution is 2.17. The van der Waals surface area contributed by atoms with E-state index in [0.717, 1.165) is 23.1 Å². The van der Waals surface area contributed by atoms with Crippen molar-refractivity contribution in [2.24, 2.45) is 0 Å². The number of alkyl halides is 1. The third-order valence-corrected chi connectivity index (χ3v) is 2.88. The molecule has 0 aromatic heterocycles. The summed E-state index contributed by atoms with van der Waals surface area (Å²) in [7, 11) is 1.61. The molecule has 0 unspecified atom stereocenters. The van der Waals surface area contributed by atoms with Crippen molar-refractivity contribution in [3.8, 4) is 5.75 Å². The average molecular weight is 330 g/mol. The van der Waals surface area contributed by atoms with E-state index in [-0.39, 0.29) is 5.91 Å². The van der Waals surface area contributed by atoms with Crippen molar-refractivity contribution >= 4 is 21.8 Å². The topological polar surface area (TPSA) is 47.6 Å². The smallest absolute Gasteiger partial charge is 0.224 e. The van der Waals surface area contributed by atoms with E-state index in [4.69, 9.17) is 9.47 Å². The van der Waals surface area contributed by atoms with Crippen molar-refractivity contribution in [1.29, 1.82) is 0 Å². The zero-order valence-electron chi connectivity index (χ0n) is 11.2. The molecule has 1 aromatic carbocycles. The zero-order valence-corrected chi connectivity index (χ0v) is 12.7. The number of hydrogen-bond donors (Lipinski definition) is 1. The normalized spacial score (nSPS) is 10.2. The Kier molecular flexibility index (Phi) is 8.25. The molecule has 19 heavy (non-hydrogen) atoms. The Hall–Kier alpha value is -1.07. The van der Waals surface area contributed by atoms with Crippen LogP contribution in [0.15, 0.2) is 24.3 Å². The van der Waals surface area contributed by atoms with Crippen LogP contribution in [0.2, 0.25) is 0 Å². The number of nitrogens with one attached hydrogen (secondary N) is 1. The van der Waals surface area contributed by atoms with Gasteiger partial charge in [-0.2, -0.15) is 0 Å². The Morgan fingerprint density at radius 3 is 2.84 bits per heavy atom. The van der Waals surface area contributed by atoms with E-state index in [1.54, 1.807) is 7.11 Å². The summed E-state index contributed by atoms with van der Waals surface area (Å²) in [6.45, 7) is 2.01. The standard InChI is InChI=1S/C14H20BrNO3/c1-18-13-6-3-2-5-12(13)11-14(17)16-8-4-9-19-10-7-15/h2-3,5-6H,4,7-11H2,1H3,(H,16,17). The maximum Gasteiger partial charge on any atom is 0.224 e. The Morgan fingerprint density at radius 1 is 1.32 bits per heavy atom. The molecule has 0 saturated heterocycles. The Labute approximate surface area is 122 Å². The summed E-state index contributed by atoms with van der Waals surface area (Å²) in [5, 5.41) is 3.71. The third-order valence-electron chi connectivity index (χ3n) is 2.55. The maximum absolute atomic E-state index is 11.8. The molecule has 1 N–H and O–H groups in total. The third kappa shape index (κ3) is 6.59. The average Bonchev–Trinajstić information content (AvgIpc) is 2.43. The first-order chi connectivity index (χ1) is 9.27. The number of halogens is 1. The fraction of sp³-hybridized carbons (Fsp3) is 0.500. The molecule has 0 aliphatic carbocycles.